The topological polar surface area (TPSA) is 130 Å². The number of hydrogen-bond acceptors (Lipinski definition) is 6. The summed E-state index contributed by atoms with van der Waals surface area (Å²) < 4.78 is 39.6. The van der Waals surface area contributed by atoms with E-state index < -0.39 is 31.0 Å². The highest BCUT2D eigenvalue weighted by atomic mass is 32.3. The molecule has 0 heterocycles. The van der Waals surface area contributed by atoms with E-state index in [0.717, 1.165) is 37.1 Å². The van der Waals surface area contributed by atoms with Gasteiger partial charge >= 0.3 is 0 Å². The Labute approximate surface area is 135 Å². The number of rotatable bonds is 5. The first kappa shape index (κ1) is 17.4. The van der Waals surface area contributed by atoms with Gasteiger partial charge in [-0.3, -0.25) is 14.3 Å². The van der Waals surface area contributed by atoms with Crippen LogP contribution in [0.15, 0.2) is 32.9 Å². The van der Waals surface area contributed by atoms with Gasteiger partial charge in [0.05, 0.1) is 31.9 Å². The molecular formula is C13H15N3O5S2. The molecule has 0 bridgehead atoms. The first-order chi connectivity index (χ1) is 10.8. The van der Waals surface area contributed by atoms with Crippen molar-refractivity contribution in [3.63, 3.8) is 0 Å². The minimum absolute atomic E-state index is 0.0783. The summed E-state index contributed by atoms with van der Waals surface area (Å²) >= 11 is 0. The minimum atomic E-state index is -4.17. The number of benzene rings is 1. The van der Waals surface area contributed by atoms with E-state index in [0.29, 0.717) is 12.8 Å². The molecular weight excluding hydrogens is 342 g/mol. The summed E-state index contributed by atoms with van der Waals surface area (Å²) in [6.07, 6.45) is 2.90. The normalized spacial score (nSPS) is 18.4. The Kier molecular flexibility index (Phi) is 5.01. The van der Waals surface area contributed by atoms with E-state index in [1.165, 1.54) is 0 Å². The smallest absolute Gasteiger partial charge is 0.258 e. The molecule has 0 N–H and O–H groups in total. The van der Waals surface area contributed by atoms with Crippen LogP contribution in [0.3, 0.4) is 0 Å². The molecule has 1 atom stereocenters. The molecule has 1 aromatic carbocycles. The summed E-state index contributed by atoms with van der Waals surface area (Å²) in [4.78, 5) is 9.65. The van der Waals surface area contributed by atoms with Crippen LogP contribution in [-0.2, 0) is 20.6 Å². The molecule has 1 fully saturated rings. The van der Waals surface area contributed by atoms with E-state index in [4.69, 9.17) is 0 Å². The Bertz CT molecular complexity index is 827. The second-order valence-corrected chi connectivity index (χ2v) is 8.51. The standard InChI is InChI=1S/C13H15N3O5S2/c14-9-13(7-1-2-8-13)10-22(19)15-23(20,21)12-5-3-11(4-6-12)16(17)18/h3-6,22H,1-2,7-8,10H2. The first-order valence-electron chi connectivity index (χ1n) is 6.86. The molecule has 2 rings (SSSR count). The molecule has 8 nitrogen and oxygen atoms in total. The maximum absolute atomic E-state index is 12.1. The Morgan fingerprint density at radius 2 is 1.87 bits per heavy atom. The molecule has 23 heavy (non-hydrogen) atoms. The van der Waals surface area contributed by atoms with Gasteiger partial charge in [0.2, 0.25) is 0 Å². The van der Waals surface area contributed by atoms with E-state index in [-0.39, 0.29) is 16.3 Å². The maximum Gasteiger partial charge on any atom is 0.289 e. The first-order valence-corrected chi connectivity index (χ1v) is 9.70. The quantitative estimate of drug-likeness (QED) is 0.487. The second kappa shape index (κ2) is 6.64. The van der Waals surface area contributed by atoms with Crippen molar-refractivity contribution in [1.82, 2.24) is 0 Å². The zero-order valence-corrected chi connectivity index (χ0v) is 13.8. The number of nitrogens with zero attached hydrogens (tertiary/aromatic N) is 3. The van der Waals surface area contributed by atoms with Crippen LogP contribution in [0.4, 0.5) is 5.69 Å². The molecule has 0 aliphatic heterocycles. The van der Waals surface area contributed by atoms with Crippen LogP contribution in [0, 0.1) is 26.9 Å². The van der Waals surface area contributed by atoms with Crippen LogP contribution in [0.1, 0.15) is 25.7 Å². The van der Waals surface area contributed by atoms with Crippen LogP contribution in [0.25, 0.3) is 0 Å². The lowest BCUT2D eigenvalue weighted by atomic mass is 9.91. The van der Waals surface area contributed by atoms with Gasteiger partial charge in [0.25, 0.3) is 15.7 Å². The zero-order chi connectivity index (χ0) is 17.1. The molecule has 0 saturated heterocycles. The van der Waals surface area contributed by atoms with Crippen molar-refractivity contribution in [2.75, 3.05) is 5.75 Å². The van der Waals surface area contributed by atoms with Crippen molar-refractivity contribution in [3.05, 3.63) is 34.4 Å². The van der Waals surface area contributed by atoms with Crippen LogP contribution < -0.4 is 0 Å². The van der Waals surface area contributed by atoms with Gasteiger partial charge in [0.15, 0.2) is 0 Å². The van der Waals surface area contributed by atoms with Gasteiger partial charge in [-0.15, -0.1) is 3.77 Å². The largest absolute Gasteiger partial charge is 0.289 e. The molecule has 0 amide bonds. The number of sulfonamides is 1. The highest BCUT2D eigenvalue weighted by Crippen LogP contribution is 2.37. The summed E-state index contributed by atoms with van der Waals surface area (Å²) in [5, 5.41) is 19.8. The monoisotopic (exact) mass is 357 g/mol. The van der Waals surface area contributed by atoms with Gasteiger partial charge in [-0.2, -0.15) is 13.7 Å². The number of hydrogen-bond donors (Lipinski definition) is 1. The lowest BCUT2D eigenvalue weighted by Gasteiger charge is -2.16. The lowest BCUT2D eigenvalue weighted by Crippen LogP contribution is -2.20. The predicted octanol–water partition coefficient (Wildman–Crippen LogP) is 2.03. The maximum atomic E-state index is 12.1. The third-order valence-electron chi connectivity index (χ3n) is 3.78. The number of thiol groups is 1. The van der Waals surface area contributed by atoms with Crippen molar-refractivity contribution in [1.29, 1.82) is 5.26 Å². The van der Waals surface area contributed by atoms with E-state index in [9.17, 15) is 28.0 Å². The van der Waals surface area contributed by atoms with Crippen LogP contribution in [0.5, 0.6) is 0 Å². The summed E-state index contributed by atoms with van der Waals surface area (Å²) in [7, 11) is -6.62. The zero-order valence-electron chi connectivity index (χ0n) is 12.1. The van der Waals surface area contributed by atoms with Gasteiger partial charge in [-0.25, -0.2) is 0 Å². The number of non-ortho nitro benzene ring substituents is 1. The SMILES string of the molecule is N#CC1(C/[SH](=O)=N\S(=O)(=O)c2ccc([N+](=O)[O-])cc2)CCCC1. The fourth-order valence-corrected chi connectivity index (χ4v) is 5.50. The highest BCUT2D eigenvalue weighted by Gasteiger charge is 2.34. The van der Waals surface area contributed by atoms with Crippen molar-refractivity contribution in [2.45, 2.75) is 30.6 Å². The molecule has 1 saturated carbocycles. The Balaban J connectivity index is 2.24. The van der Waals surface area contributed by atoms with E-state index in [2.05, 4.69) is 9.84 Å². The average molecular weight is 357 g/mol. The van der Waals surface area contributed by atoms with E-state index >= 15 is 0 Å². The predicted molar refractivity (Wildman–Crippen MR) is 83.6 cm³/mol. The second-order valence-electron chi connectivity index (χ2n) is 5.42. The molecule has 10 heteroatoms. The van der Waals surface area contributed by atoms with Gasteiger partial charge in [0, 0.05) is 17.9 Å². The highest BCUT2D eigenvalue weighted by molar-refractivity contribution is 7.96. The van der Waals surface area contributed by atoms with Crippen molar-refractivity contribution >= 4 is 26.3 Å². The van der Waals surface area contributed by atoms with Gasteiger partial charge in [-0.1, -0.05) is 12.8 Å². The fraction of sp³-hybridized carbons (Fsp3) is 0.462. The third kappa shape index (κ3) is 4.05. The van der Waals surface area contributed by atoms with E-state index in [1.54, 1.807) is 0 Å². The van der Waals surface area contributed by atoms with Gasteiger partial charge in [-0.05, 0) is 25.0 Å². The Hall–Kier alpha value is -1.99. The Morgan fingerprint density at radius 1 is 1.30 bits per heavy atom. The van der Waals surface area contributed by atoms with Gasteiger partial charge < -0.3 is 0 Å². The third-order valence-corrected chi connectivity index (χ3v) is 7.11. The Morgan fingerprint density at radius 3 is 2.35 bits per heavy atom. The molecule has 0 spiro atoms. The number of nitriles is 1. The minimum Gasteiger partial charge on any atom is -0.258 e. The molecule has 1 unspecified atom stereocenters. The molecule has 124 valence electrons. The summed E-state index contributed by atoms with van der Waals surface area (Å²) in [6, 6.07) is 6.33. The molecule has 1 aromatic rings. The molecule has 0 aromatic heterocycles. The summed E-state index contributed by atoms with van der Waals surface area (Å²) in [6.45, 7) is 0. The van der Waals surface area contributed by atoms with Crippen molar-refractivity contribution in [3.8, 4) is 6.07 Å². The van der Waals surface area contributed by atoms with Crippen molar-refractivity contribution < 1.29 is 17.6 Å². The van der Waals surface area contributed by atoms with Gasteiger partial charge in [0.1, 0.15) is 0 Å². The van der Waals surface area contributed by atoms with Crippen molar-refractivity contribution in [2.24, 2.45) is 9.18 Å². The molecule has 1 aliphatic rings. The van der Waals surface area contributed by atoms with E-state index in [1.807, 2.05) is 0 Å². The van der Waals surface area contributed by atoms with Crippen LogP contribution >= 0.6 is 0 Å². The number of nitro benzene ring substituents is 1. The number of nitro groups is 1. The molecule has 1 aliphatic carbocycles. The van der Waals surface area contributed by atoms with Crippen LogP contribution in [0.2, 0.25) is 0 Å². The lowest BCUT2D eigenvalue weighted by molar-refractivity contribution is -0.384. The summed E-state index contributed by atoms with van der Waals surface area (Å²) in [5.74, 6) is -0.0783. The molecule has 0 radical (unpaired) electrons. The fourth-order valence-electron chi connectivity index (χ4n) is 2.55. The van der Waals surface area contributed by atoms with Crippen LogP contribution in [-0.4, -0.2) is 23.3 Å². The summed E-state index contributed by atoms with van der Waals surface area (Å²) in [5.41, 5.74) is -1.01. The average Bonchev–Trinajstić information content (AvgIpc) is 2.95.